The molecule has 150 valence electrons. The van der Waals surface area contributed by atoms with Crippen molar-refractivity contribution in [2.24, 2.45) is 5.92 Å². The van der Waals surface area contributed by atoms with E-state index < -0.39 is 5.60 Å². The van der Waals surface area contributed by atoms with Crippen molar-refractivity contribution in [3.63, 3.8) is 0 Å². The average molecular weight is 376 g/mol. The summed E-state index contributed by atoms with van der Waals surface area (Å²) in [4.78, 5) is 25.8. The quantitative estimate of drug-likeness (QED) is 0.875. The minimum atomic E-state index is -0.449. The second-order valence-electron chi connectivity index (χ2n) is 8.56. The highest BCUT2D eigenvalue weighted by Crippen LogP contribution is 2.35. The molecule has 2 fully saturated rings. The first-order chi connectivity index (χ1) is 12.8. The van der Waals surface area contributed by atoms with E-state index in [9.17, 15) is 4.79 Å². The lowest BCUT2D eigenvalue weighted by Crippen LogP contribution is -2.49. The Kier molecular flexibility index (Phi) is 6.32. The molecule has 0 spiro atoms. The van der Waals surface area contributed by atoms with Crippen LogP contribution in [0.5, 0.6) is 0 Å². The van der Waals surface area contributed by atoms with Gasteiger partial charge in [0.15, 0.2) is 0 Å². The van der Waals surface area contributed by atoms with Gasteiger partial charge < -0.3 is 15.0 Å². The van der Waals surface area contributed by atoms with Gasteiger partial charge >= 0.3 is 6.09 Å². The van der Waals surface area contributed by atoms with E-state index in [1.54, 1.807) is 0 Å². The van der Waals surface area contributed by atoms with Crippen molar-refractivity contribution in [2.75, 3.05) is 39.3 Å². The third-order valence-corrected chi connectivity index (χ3v) is 5.28. The van der Waals surface area contributed by atoms with Gasteiger partial charge in [0.2, 0.25) is 0 Å². The number of aromatic nitrogens is 2. The number of piperidine rings is 1. The highest BCUT2D eigenvalue weighted by atomic mass is 16.6. The zero-order valence-electron chi connectivity index (χ0n) is 17.1. The smallest absolute Gasteiger partial charge is 0.410 e. The molecule has 0 saturated carbocycles. The molecule has 1 aromatic heterocycles. The van der Waals surface area contributed by atoms with Crippen molar-refractivity contribution in [3.05, 3.63) is 23.8 Å². The molecule has 1 N–H and O–H groups in total. The zero-order valence-corrected chi connectivity index (χ0v) is 17.1. The Morgan fingerprint density at radius 2 is 1.89 bits per heavy atom. The summed E-state index contributed by atoms with van der Waals surface area (Å²) in [6.07, 6.45) is 3.61. The number of piperazine rings is 1. The third-order valence-electron chi connectivity index (χ3n) is 5.28. The minimum absolute atomic E-state index is 0.197. The number of rotatable bonds is 3. The predicted octanol–water partition coefficient (Wildman–Crippen LogP) is 2.38. The number of ether oxygens (including phenoxy) is 1. The number of nitrogens with one attached hydrogen (secondary N) is 1. The topological polar surface area (TPSA) is 70.6 Å². The lowest BCUT2D eigenvalue weighted by atomic mass is 9.86. The van der Waals surface area contributed by atoms with Crippen molar-refractivity contribution >= 4 is 6.09 Å². The Labute approximate surface area is 162 Å². The molecule has 0 bridgehead atoms. The van der Waals surface area contributed by atoms with E-state index in [1.807, 2.05) is 38.8 Å². The third kappa shape index (κ3) is 5.39. The fourth-order valence-corrected chi connectivity index (χ4v) is 4.05. The van der Waals surface area contributed by atoms with Crippen molar-refractivity contribution in [3.8, 4) is 0 Å². The molecule has 2 aliphatic heterocycles. The Bertz CT molecular complexity index is 632. The van der Waals surface area contributed by atoms with Crippen LogP contribution in [0.15, 0.2) is 12.3 Å². The minimum Gasteiger partial charge on any atom is -0.444 e. The van der Waals surface area contributed by atoms with Crippen molar-refractivity contribution < 1.29 is 9.53 Å². The van der Waals surface area contributed by atoms with E-state index in [0.29, 0.717) is 5.92 Å². The maximum Gasteiger partial charge on any atom is 0.410 e. The number of hydrogen-bond acceptors (Lipinski definition) is 6. The summed E-state index contributed by atoms with van der Waals surface area (Å²) in [5.41, 5.74) is 0.663. The van der Waals surface area contributed by atoms with E-state index >= 15 is 0 Å². The molecule has 2 saturated heterocycles. The summed E-state index contributed by atoms with van der Waals surface area (Å²) in [5.74, 6) is 1.30. The summed E-state index contributed by atoms with van der Waals surface area (Å²) in [5, 5.41) is 3.44. The van der Waals surface area contributed by atoms with Gasteiger partial charge in [-0.2, -0.15) is 0 Å². The second-order valence-corrected chi connectivity index (χ2v) is 8.56. The van der Waals surface area contributed by atoms with Crippen LogP contribution in [-0.4, -0.2) is 70.7 Å². The van der Waals surface area contributed by atoms with Crippen LogP contribution < -0.4 is 5.32 Å². The lowest BCUT2D eigenvalue weighted by molar-refractivity contribution is 0.0115. The van der Waals surface area contributed by atoms with Crippen LogP contribution in [-0.2, 0) is 4.74 Å². The normalized spacial score (nSPS) is 21.1. The van der Waals surface area contributed by atoms with E-state index in [4.69, 9.17) is 9.72 Å². The average Bonchev–Trinajstić information content (AvgIpc) is 2.62. The molecule has 2 aliphatic rings. The highest BCUT2D eigenvalue weighted by Gasteiger charge is 2.35. The van der Waals surface area contributed by atoms with Crippen LogP contribution in [0.2, 0.25) is 0 Å². The summed E-state index contributed by atoms with van der Waals surface area (Å²) in [6.45, 7) is 13.2. The van der Waals surface area contributed by atoms with Crippen LogP contribution >= 0.6 is 0 Å². The molecule has 1 amide bonds. The van der Waals surface area contributed by atoms with Gasteiger partial charge in [0.1, 0.15) is 11.4 Å². The summed E-state index contributed by atoms with van der Waals surface area (Å²) in [7, 11) is 0. The second kappa shape index (κ2) is 8.52. The molecule has 27 heavy (non-hydrogen) atoms. The summed E-state index contributed by atoms with van der Waals surface area (Å²) < 4.78 is 5.54. The van der Waals surface area contributed by atoms with Gasteiger partial charge in [0, 0.05) is 45.5 Å². The Morgan fingerprint density at radius 1 is 1.22 bits per heavy atom. The number of amides is 1. The molecule has 1 atom stereocenters. The molecule has 0 aromatic carbocycles. The highest BCUT2D eigenvalue weighted by molar-refractivity contribution is 5.68. The molecule has 0 aliphatic carbocycles. The van der Waals surface area contributed by atoms with Crippen LogP contribution in [0.1, 0.15) is 51.2 Å². The fourth-order valence-electron chi connectivity index (χ4n) is 4.05. The standard InChI is InChI=1S/C20H33N5O2/c1-15-22-8-5-17(23-15)18(24-13-9-21-10-14-24)16-6-11-25(12-7-16)19(26)27-20(2,3)4/h5,8,16,18,21H,6-7,9-14H2,1-4H3. The SMILES string of the molecule is Cc1nccc(C(C2CCN(C(=O)OC(C)(C)C)CC2)N2CCNCC2)n1. The number of aryl methyl sites for hydroxylation is 1. The zero-order chi connectivity index (χ0) is 19.4. The van der Waals surface area contributed by atoms with Gasteiger partial charge in [-0.15, -0.1) is 0 Å². The monoisotopic (exact) mass is 375 g/mol. The molecular formula is C20H33N5O2. The molecule has 3 rings (SSSR count). The van der Waals surface area contributed by atoms with Gasteiger partial charge in [-0.1, -0.05) is 0 Å². The molecule has 7 nitrogen and oxygen atoms in total. The molecule has 1 aromatic rings. The number of likely N-dealkylation sites (tertiary alicyclic amines) is 1. The number of nitrogens with zero attached hydrogens (tertiary/aromatic N) is 4. The molecule has 7 heteroatoms. The first kappa shape index (κ1) is 20.0. The number of carbonyl (C=O) groups excluding carboxylic acids is 1. The van der Waals surface area contributed by atoms with E-state index in [-0.39, 0.29) is 12.1 Å². The van der Waals surface area contributed by atoms with E-state index in [0.717, 1.165) is 63.6 Å². The Hall–Kier alpha value is -1.73. The van der Waals surface area contributed by atoms with Crippen molar-refractivity contribution in [1.82, 2.24) is 25.1 Å². The van der Waals surface area contributed by atoms with Gasteiger partial charge in [0.05, 0.1) is 11.7 Å². The first-order valence-corrected chi connectivity index (χ1v) is 10.1. The van der Waals surface area contributed by atoms with Gasteiger partial charge in [-0.25, -0.2) is 14.8 Å². The maximum atomic E-state index is 12.4. The summed E-state index contributed by atoms with van der Waals surface area (Å²) in [6, 6.07) is 2.34. The van der Waals surface area contributed by atoms with E-state index in [1.165, 1.54) is 0 Å². The largest absolute Gasteiger partial charge is 0.444 e. The molecule has 3 heterocycles. The van der Waals surface area contributed by atoms with E-state index in [2.05, 4.69) is 21.3 Å². The Morgan fingerprint density at radius 3 is 2.48 bits per heavy atom. The molecular weight excluding hydrogens is 342 g/mol. The summed E-state index contributed by atoms with van der Waals surface area (Å²) >= 11 is 0. The van der Waals surface area contributed by atoms with Gasteiger partial charge in [-0.3, -0.25) is 4.90 Å². The molecule has 1 unspecified atom stereocenters. The lowest BCUT2D eigenvalue weighted by Gasteiger charge is -2.42. The predicted molar refractivity (Wildman–Crippen MR) is 104 cm³/mol. The van der Waals surface area contributed by atoms with Crippen molar-refractivity contribution in [1.29, 1.82) is 0 Å². The first-order valence-electron chi connectivity index (χ1n) is 10.1. The van der Waals surface area contributed by atoms with Gasteiger partial charge in [-0.05, 0) is 52.5 Å². The fraction of sp³-hybridized carbons (Fsp3) is 0.750. The van der Waals surface area contributed by atoms with Crippen LogP contribution in [0.3, 0.4) is 0 Å². The van der Waals surface area contributed by atoms with Gasteiger partial charge in [0.25, 0.3) is 0 Å². The van der Waals surface area contributed by atoms with Crippen molar-refractivity contribution in [2.45, 2.75) is 52.2 Å². The molecule has 0 radical (unpaired) electrons. The maximum absolute atomic E-state index is 12.4. The van der Waals surface area contributed by atoms with Crippen LogP contribution in [0, 0.1) is 12.8 Å². The number of carbonyl (C=O) groups is 1. The number of hydrogen-bond donors (Lipinski definition) is 1. The van der Waals surface area contributed by atoms with Crippen LogP contribution in [0.25, 0.3) is 0 Å². The Balaban J connectivity index is 1.70. The van der Waals surface area contributed by atoms with Crippen LogP contribution in [0.4, 0.5) is 4.79 Å².